The smallest absolute Gasteiger partial charge is 0.416 e. The summed E-state index contributed by atoms with van der Waals surface area (Å²) in [6.45, 7) is 2.89. The van der Waals surface area contributed by atoms with E-state index < -0.39 is 11.7 Å². The van der Waals surface area contributed by atoms with Gasteiger partial charge in [-0.1, -0.05) is 24.3 Å². The lowest BCUT2D eigenvalue weighted by Crippen LogP contribution is -2.38. The molecule has 2 heterocycles. The number of nitrogens with zero attached hydrogens (tertiary/aromatic N) is 2. The molecular weight excluding hydrogens is 433 g/mol. The van der Waals surface area contributed by atoms with E-state index in [0.29, 0.717) is 31.7 Å². The van der Waals surface area contributed by atoms with Crippen LogP contribution < -0.4 is 9.47 Å². The molecule has 2 aliphatic rings. The number of likely N-dealkylation sites (tertiary alicyclic amines) is 1. The van der Waals surface area contributed by atoms with E-state index in [1.54, 1.807) is 18.1 Å². The molecule has 5 nitrogen and oxygen atoms in total. The number of para-hydroxylation sites is 1. The number of carbonyl (C=O) groups excluding carboxylic acids is 1. The molecule has 178 valence electrons. The summed E-state index contributed by atoms with van der Waals surface area (Å²) < 4.78 is 50.6. The van der Waals surface area contributed by atoms with Gasteiger partial charge in [0.1, 0.15) is 0 Å². The molecule has 2 aliphatic heterocycles. The van der Waals surface area contributed by atoms with Crippen molar-refractivity contribution >= 4 is 5.91 Å². The number of ether oxygens (including phenoxy) is 2. The minimum Gasteiger partial charge on any atom is -0.493 e. The van der Waals surface area contributed by atoms with Crippen LogP contribution in [0.1, 0.15) is 42.4 Å². The van der Waals surface area contributed by atoms with Gasteiger partial charge in [-0.25, -0.2) is 0 Å². The van der Waals surface area contributed by atoms with Gasteiger partial charge < -0.3 is 14.4 Å². The number of alkyl halides is 3. The molecule has 1 amide bonds. The van der Waals surface area contributed by atoms with Gasteiger partial charge in [-0.05, 0) is 43.0 Å². The third kappa shape index (κ3) is 5.61. The van der Waals surface area contributed by atoms with E-state index in [2.05, 4.69) is 4.90 Å². The van der Waals surface area contributed by atoms with E-state index in [9.17, 15) is 18.0 Å². The average Bonchev–Trinajstić information content (AvgIpc) is 2.95. The van der Waals surface area contributed by atoms with E-state index >= 15 is 0 Å². The highest BCUT2D eigenvalue weighted by molar-refractivity contribution is 5.76. The summed E-state index contributed by atoms with van der Waals surface area (Å²) in [5, 5.41) is 0. The van der Waals surface area contributed by atoms with Crippen LogP contribution in [0, 0.1) is 0 Å². The van der Waals surface area contributed by atoms with E-state index in [-0.39, 0.29) is 18.5 Å². The van der Waals surface area contributed by atoms with Crippen LogP contribution in [0.4, 0.5) is 13.2 Å². The Labute approximate surface area is 192 Å². The lowest BCUT2D eigenvalue weighted by atomic mass is 10.0. The number of amides is 1. The van der Waals surface area contributed by atoms with Crippen LogP contribution in [0.5, 0.6) is 11.5 Å². The van der Waals surface area contributed by atoms with E-state index in [0.717, 1.165) is 55.0 Å². The van der Waals surface area contributed by atoms with Crippen molar-refractivity contribution in [3.8, 4) is 11.5 Å². The lowest BCUT2D eigenvalue weighted by molar-refractivity contribution is -0.137. The zero-order valence-electron chi connectivity index (χ0n) is 18.7. The second kappa shape index (κ2) is 10.0. The van der Waals surface area contributed by atoms with Crippen LogP contribution in [0.2, 0.25) is 0 Å². The summed E-state index contributed by atoms with van der Waals surface area (Å²) in [7, 11) is 1.63. The van der Waals surface area contributed by atoms with Gasteiger partial charge in [0.05, 0.1) is 19.3 Å². The van der Waals surface area contributed by atoms with Crippen molar-refractivity contribution < 1.29 is 27.4 Å². The normalized spacial score (nSPS) is 20.3. The third-order valence-electron chi connectivity index (χ3n) is 6.41. The van der Waals surface area contributed by atoms with Gasteiger partial charge in [0, 0.05) is 44.2 Å². The second-order valence-electron chi connectivity index (χ2n) is 8.62. The van der Waals surface area contributed by atoms with Crippen LogP contribution in [0.3, 0.4) is 0 Å². The summed E-state index contributed by atoms with van der Waals surface area (Å²) >= 11 is 0. The molecular formula is C25H29F3N2O3. The van der Waals surface area contributed by atoms with Gasteiger partial charge in [-0.2, -0.15) is 13.2 Å². The summed E-state index contributed by atoms with van der Waals surface area (Å²) in [6, 6.07) is 11.3. The van der Waals surface area contributed by atoms with E-state index in [4.69, 9.17) is 9.47 Å². The molecule has 0 N–H and O–H groups in total. The number of methoxy groups -OCH3 is 1. The number of halogens is 3. The number of hydrogen-bond acceptors (Lipinski definition) is 4. The molecule has 2 aromatic rings. The lowest BCUT2D eigenvalue weighted by Gasteiger charge is -2.33. The van der Waals surface area contributed by atoms with Crippen LogP contribution >= 0.6 is 0 Å². The Morgan fingerprint density at radius 3 is 2.73 bits per heavy atom. The van der Waals surface area contributed by atoms with E-state index in [1.807, 2.05) is 18.2 Å². The predicted octanol–water partition coefficient (Wildman–Crippen LogP) is 4.88. The monoisotopic (exact) mass is 462 g/mol. The van der Waals surface area contributed by atoms with Crippen molar-refractivity contribution in [1.82, 2.24) is 9.80 Å². The van der Waals surface area contributed by atoms with Crippen molar-refractivity contribution in [2.75, 3.05) is 26.8 Å². The quantitative estimate of drug-likeness (QED) is 0.650. The summed E-state index contributed by atoms with van der Waals surface area (Å²) in [4.78, 5) is 16.9. The Hall–Kier alpha value is -2.74. The highest BCUT2D eigenvalue weighted by Crippen LogP contribution is 2.34. The molecule has 0 aliphatic carbocycles. The third-order valence-corrected chi connectivity index (χ3v) is 6.41. The SMILES string of the molecule is COc1cccc2c1OCCCN(C1CCC(=O)N(Cc3cccc(C(F)(F)F)c3)CC1)C2. The van der Waals surface area contributed by atoms with Gasteiger partial charge in [0.2, 0.25) is 5.91 Å². The maximum absolute atomic E-state index is 13.1. The number of benzene rings is 2. The fourth-order valence-corrected chi connectivity index (χ4v) is 4.68. The van der Waals surface area contributed by atoms with Gasteiger partial charge in [-0.15, -0.1) is 0 Å². The average molecular weight is 463 g/mol. The molecule has 1 fully saturated rings. The summed E-state index contributed by atoms with van der Waals surface area (Å²) in [5.74, 6) is 1.49. The van der Waals surface area contributed by atoms with Crippen LogP contribution in [-0.2, 0) is 24.1 Å². The van der Waals surface area contributed by atoms with Crippen LogP contribution in [0.15, 0.2) is 42.5 Å². The Bertz CT molecular complexity index is 980. The maximum atomic E-state index is 13.1. The fourth-order valence-electron chi connectivity index (χ4n) is 4.68. The molecule has 1 saturated heterocycles. The van der Waals surface area contributed by atoms with Gasteiger partial charge in [0.25, 0.3) is 0 Å². The highest BCUT2D eigenvalue weighted by atomic mass is 19.4. The molecule has 33 heavy (non-hydrogen) atoms. The zero-order valence-corrected chi connectivity index (χ0v) is 18.7. The molecule has 2 aromatic carbocycles. The molecule has 8 heteroatoms. The van der Waals surface area contributed by atoms with Crippen molar-refractivity contribution in [3.05, 3.63) is 59.2 Å². The molecule has 0 aromatic heterocycles. The summed E-state index contributed by atoms with van der Waals surface area (Å²) in [5.41, 5.74) is 0.878. The van der Waals surface area contributed by atoms with Crippen molar-refractivity contribution in [2.45, 2.75) is 51.0 Å². The van der Waals surface area contributed by atoms with Crippen LogP contribution in [-0.4, -0.2) is 48.6 Å². The Kier molecular flexibility index (Phi) is 7.12. The molecule has 0 saturated carbocycles. The Morgan fingerprint density at radius 1 is 1.12 bits per heavy atom. The van der Waals surface area contributed by atoms with E-state index in [1.165, 1.54) is 6.07 Å². The highest BCUT2D eigenvalue weighted by Gasteiger charge is 2.31. The number of fused-ring (bicyclic) bond motifs is 1. The largest absolute Gasteiger partial charge is 0.493 e. The van der Waals surface area contributed by atoms with Gasteiger partial charge in [-0.3, -0.25) is 9.69 Å². The number of hydrogen-bond donors (Lipinski definition) is 0. The summed E-state index contributed by atoms with van der Waals surface area (Å²) in [6.07, 6.45) is -1.61. The predicted molar refractivity (Wildman–Crippen MR) is 118 cm³/mol. The molecule has 0 radical (unpaired) electrons. The first-order valence-electron chi connectivity index (χ1n) is 11.3. The fraction of sp³-hybridized carbons (Fsp3) is 0.480. The Morgan fingerprint density at radius 2 is 1.94 bits per heavy atom. The van der Waals surface area contributed by atoms with Crippen molar-refractivity contribution in [1.29, 1.82) is 0 Å². The van der Waals surface area contributed by atoms with Gasteiger partial charge in [0.15, 0.2) is 11.5 Å². The second-order valence-corrected chi connectivity index (χ2v) is 8.62. The molecule has 1 unspecified atom stereocenters. The van der Waals surface area contributed by atoms with Crippen molar-refractivity contribution in [3.63, 3.8) is 0 Å². The first-order chi connectivity index (χ1) is 15.8. The first kappa shape index (κ1) is 23.4. The molecule has 0 bridgehead atoms. The first-order valence-corrected chi connectivity index (χ1v) is 11.3. The molecule has 4 rings (SSSR count). The Balaban J connectivity index is 1.45. The zero-order chi connectivity index (χ0) is 23.4. The number of rotatable bonds is 4. The van der Waals surface area contributed by atoms with Gasteiger partial charge >= 0.3 is 6.18 Å². The number of carbonyl (C=O) groups is 1. The topological polar surface area (TPSA) is 42.0 Å². The minimum absolute atomic E-state index is 0.00708. The standard InChI is InChI=1S/C25H29F3N2O3/c1-32-22-8-3-6-19-17-29(12-4-14-33-24(19)22)21-9-10-23(31)30(13-11-21)16-18-5-2-7-20(15-18)25(26,27)28/h2-3,5-8,15,21H,4,9-14,16-17H2,1H3. The maximum Gasteiger partial charge on any atom is 0.416 e. The van der Waals surface area contributed by atoms with Crippen molar-refractivity contribution in [2.24, 2.45) is 0 Å². The molecule has 1 atom stereocenters. The molecule has 0 spiro atoms. The van der Waals surface area contributed by atoms with Crippen LogP contribution in [0.25, 0.3) is 0 Å². The minimum atomic E-state index is -4.39.